The van der Waals surface area contributed by atoms with Crippen LogP contribution in [-0.4, -0.2) is 23.0 Å². The van der Waals surface area contributed by atoms with E-state index in [9.17, 15) is 9.59 Å². The van der Waals surface area contributed by atoms with Gasteiger partial charge in [0.25, 0.3) is 5.24 Å². The minimum Gasteiger partial charge on any atom is -0.494 e. The number of benzene rings is 1. The van der Waals surface area contributed by atoms with E-state index in [1.165, 1.54) is 32.1 Å². The monoisotopic (exact) mass is 335 g/mol. The highest BCUT2D eigenvalue weighted by molar-refractivity contribution is 8.15. The van der Waals surface area contributed by atoms with Gasteiger partial charge in [-0.3, -0.25) is 14.9 Å². The maximum Gasteiger partial charge on any atom is 0.286 e. The molecule has 0 bridgehead atoms. The Balaban J connectivity index is 1.66. The SMILES string of the molecule is CCCCCCCCOc1ccc(CC2SC(=O)NC2=O)cc1. The fourth-order valence-corrected chi connectivity index (χ4v) is 3.40. The summed E-state index contributed by atoms with van der Waals surface area (Å²) in [5.74, 6) is 0.672. The predicted octanol–water partition coefficient (Wildman–Crippen LogP) is 4.32. The van der Waals surface area contributed by atoms with Crippen LogP contribution in [0.1, 0.15) is 51.0 Å². The summed E-state index contributed by atoms with van der Waals surface area (Å²) in [5.41, 5.74) is 1.04. The molecule has 1 heterocycles. The number of carbonyl (C=O) groups is 2. The van der Waals surface area contributed by atoms with Gasteiger partial charge in [0, 0.05) is 0 Å². The van der Waals surface area contributed by atoms with Crippen LogP contribution in [0.15, 0.2) is 24.3 Å². The molecule has 0 radical (unpaired) electrons. The second kappa shape index (κ2) is 9.60. The number of ether oxygens (including phenoxy) is 1. The van der Waals surface area contributed by atoms with E-state index < -0.39 is 0 Å². The van der Waals surface area contributed by atoms with Crippen LogP contribution in [0.4, 0.5) is 4.79 Å². The predicted molar refractivity (Wildman–Crippen MR) is 93.9 cm³/mol. The highest BCUT2D eigenvalue weighted by atomic mass is 32.2. The minimum absolute atomic E-state index is 0.191. The summed E-state index contributed by atoms with van der Waals surface area (Å²) in [4.78, 5) is 22.7. The number of nitrogens with one attached hydrogen (secondary N) is 1. The molecule has 2 rings (SSSR count). The van der Waals surface area contributed by atoms with Gasteiger partial charge in [0.15, 0.2) is 0 Å². The number of hydrogen-bond acceptors (Lipinski definition) is 4. The van der Waals surface area contributed by atoms with Crippen molar-refractivity contribution in [2.45, 2.75) is 57.1 Å². The van der Waals surface area contributed by atoms with Gasteiger partial charge in [0.2, 0.25) is 5.91 Å². The molecule has 126 valence electrons. The summed E-state index contributed by atoms with van der Waals surface area (Å²) in [6.45, 7) is 2.98. The second-order valence-corrected chi connectivity index (χ2v) is 7.02. The molecule has 1 atom stereocenters. The van der Waals surface area contributed by atoms with Crippen molar-refractivity contribution in [1.29, 1.82) is 0 Å². The fraction of sp³-hybridized carbons (Fsp3) is 0.556. The number of carbonyl (C=O) groups excluding carboxylic acids is 2. The van der Waals surface area contributed by atoms with Crippen LogP contribution in [0, 0.1) is 0 Å². The summed E-state index contributed by atoms with van der Waals surface area (Å²) in [5, 5.41) is 1.75. The number of unbranched alkanes of at least 4 members (excludes halogenated alkanes) is 5. The number of thioether (sulfide) groups is 1. The average molecular weight is 335 g/mol. The molecule has 4 nitrogen and oxygen atoms in total. The van der Waals surface area contributed by atoms with E-state index in [0.717, 1.165) is 36.1 Å². The summed E-state index contributed by atoms with van der Waals surface area (Å²) < 4.78 is 5.74. The third-order valence-corrected chi connectivity index (χ3v) is 4.86. The maximum atomic E-state index is 11.5. The molecule has 5 heteroatoms. The third kappa shape index (κ3) is 6.26. The Kier molecular flexibility index (Phi) is 7.46. The highest BCUT2D eigenvalue weighted by Gasteiger charge is 2.31. The van der Waals surface area contributed by atoms with Gasteiger partial charge in [-0.05, 0) is 30.5 Å². The van der Waals surface area contributed by atoms with Crippen molar-refractivity contribution < 1.29 is 14.3 Å². The first-order chi connectivity index (χ1) is 11.2. The van der Waals surface area contributed by atoms with E-state index in [-0.39, 0.29) is 16.4 Å². The molecule has 23 heavy (non-hydrogen) atoms. The highest BCUT2D eigenvalue weighted by Crippen LogP contribution is 2.23. The van der Waals surface area contributed by atoms with Crippen LogP contribution >= 0.6 is 11.8 Å². The summed E-state index contributed by atoms with van der Waals surface area (Å²) in [6.07, 6.45) is 8.09. The molecule has 1 aromatic rings. The molecular formula is C18H25NO3S. The number of rotatable bonds is 10. The van der Waals surface area contributed by atoms with E-state index in [0.29, 0.717) is 6.42 Å². The zero-order valence-corrected chi connectivity index (χ0v) is 14.5. The van der Waals surface area contributed by atoms with Gasteiger partial charge in [-0.2, -0.15) is 0 Å². The van der Waals surface area contributed by atoms with Crippen molar-refractivity contribution >= 4 is 22.9 Å². The van der Waals surface area contributed by atoms with Gasteiger partial charge in [0.1, 0.15) is 5.75 Å². The Hall–Kier alpha value is -1.49. The van der Waals surface area contributed by atoms with Crippen molar-refractivity contribution in [1.82, 2.24) is 5.32 Å². The zero-order chi connectivity index (χ0) is 16.5. The number of imide groups is 1. The largest absolute Gasteiger partial charge is 0.494 e. The van der Waals surface area contributed by atoms with Crippen LogP contribution in [0.3, 0.4) is 0 Å². The van der Waals surface area contributed by atoms with Crippen LogP contribution in [0.25, 0.3) is 0 Å². The standard InChI is InChI=1S/C18H25NO3S/c1-2-3-4-5-6-7-12-22-15-10-8-14(9-11-15)13-16-17(20)19-18(21)23-16/h8-11,16H,2-7,12-13H2,1H3,(H,19,20,21). The fourth-order valence-electron chi connectivity index (χ4n) is 2.54. The number of hydrogen-bond donors (Lipinski definition) is 1. The molecule has 1 aliphatic rings. The molecular weight excluding hydrogens is 310 g/mol. The molecule has 1 unspecified atom stereocenters. The molecule has 1 fully saturated rings. The van der Waals surface area contributed by atoms with E-state index in [1.807, 2.05) is 24.3 Å². The molecule has 0 aliphatic carbocycles. The lowest BCUT2D eigenvalue weighted by molar-refractivity contribution is -0.118. The topological polar surface area (TPSA) is 55.4 Å². The lowest BCUT2D eigenvalue weighted by Crippen LogP contribution is -2.25. The molecule has 1 N–H and O–H groups in total. The summed E-state index contributed by atoms with van der Waals surface area (Å²) >= 11 is 1.07. The van der Waals surface area contributed by atoms with Gasteiger partial charge in [-0.25, -0.2) is 0 Å². The summed E-state index contributed by atoms with van der Waals surface area (Å²) in [6, 6.07) is 7.80. The van der Waals surface area contributed by atoms with E-state index >= 15 is 0 Å². The molecule has 1 saturated heterocycles. The van der Waals surface area contributed by atoms with Crippen LogP contribution in [0.2, 0.25) is 0 Å². The normalized spacial score (nSPS) is 17.3. The van der Waals surface area contributed by atoms with E-state index in [4.69, 9.17) is 4.74 Å². The zero-order valence-electron chi connectivity index (χ0n) is 13.7. The van der Waals surface area contributed by atoms with Gasteiger partial charge < -0.3 is 4.74 Å². The summed E-state index contributed by atoms with van der Waals surface area (Å²) in [7, 11) is 0. The average Bonchev–Trinajstić information content (AvgIpc) is 2.85. The van der Waals surface area contributed by atoms with Crippen molar-refractivity contribution in [2.75, 3.05) is 6.61 Å². The molecule has 1 aliphatic heterocycles. The Labute approximate surface area is 142 Å². The van der Waals surface area contributed by atoms with Crippen molar-refractivity contribution in [2.24, 2.45) is 0 Å². The Morgan fingerprint density at radius 1 is 1.04 bits per heavy atom. The van der Waals surface area contributed by atoms with E-state index in [1.54, 1.807) is 0 Å². The van der Waals surface area contributed by atoms with Crippen LogP contribution in [0.5, 0.6) is 5.75 Å². The minimum atomic E-state index is -0.308. The first kappa shape index (κ1) is 17.9. The number of amides is 2. The molecule has 0 saturated carbocycles. The molecule has 2 amide bonds. The van der Waals surface area contributed by atoms with Crippen molar-refractivity contribution in [3.8, 4) is 5.75 Å². The lowest BCUT2D eigenvalue weighted by Gasteiger charge is -2.08. The Bertz CT molecular complexity index is 516. The lowest BCUT2D eigenvalue weighted by atomic mass is 10.1. The van der Waals surface area contributed by atoms with Gasteiger partial charge in [-0.1, -0.05) is 62.9 Å². The molecule has 1 aromatic carbocycles. The second-order valence-electron chi connectivity index (χ2n) is 5.85. The van der Waals surface area contributed by atoms with Crippen LogP contribution in [-0.2, 0) is 11.2 Å². The van der Waals surface area contributed by atoms with Gasteiger partial charge >= 0.3 is 0 Å². The Morgan fingerprint density at radius 2 is 1.74 bits per heavy atom. The first-order valence-corrected chi connectivity index (χ1v) is 9.30. The van der Waals surface area contributed by atoms with E-state index in [2.05, 4.69) is 12.2 Å². The molecule has 0 aromatic heterocycles. The third-order valence-electron chi connectivity index (χ3n) is 3.88. The van der Waals surface area contributed by atoms with Crippen molar-refractivity contribution in [3.05, 3.63) is 29.8 Å². The smallest absolute Gasteiger partial charge is 0.286 e. The first-order valence-electron chi connectivity index (χ1n) is 8.42. The van der Waals surface area contributed by atoms with Gasteiger partial charge in [0.05, 0.1) is 11.9 Å². The van der Waals surface area contributed by atoms with Crippen molar-refractivity contribution in [3.63, 3.8) is 0 Å². The molecule has 0 spiro atoms. The maximum absolute atomic E-state index is 11.5. The quantitative estimate of drug-likeness (QED) is 0.647. The van der Waals surface area contributed by atoms with Gasteiger partial charge in [-0.15, -0.1) is 0 Å². The Morgan fingerprint density at radius 3 is 2.39 bits per heavy atom. The van der Waals surface area contributed by atoms with Crippen LogP contribution < -0.4 is 10.1 Å².